The zero-order valence-electron chi connectivity index (χ0n) is 12.9. The van der Waals surface area contributed by atoms with E-state index in [0.717, 1.165) is 30.8 Å². The minimum absolute atomic E-state index is 0.0148. The van der Waals surface area contributed by atoms with Crippen LogP contribution in [0.15, 0.2) is 24.3 Å². The lowest BCUT2D eigenvalue weighted by Gasteiger charge is -2.11. The van der Waals surface area contributed by atoms with Gasteiger partial charge >= 0.3 is 0 Å². The molecule has 1 saturated heterocycles. The quantitative estimate of drug-likeness (QED) is 0.717. The molecule has 0 bridgehead atoms. The number of hydrogen-bond acceptors (Lipinski definition) is 4. The second-order valence-electron chi connectivity index (χ2n) is 5.38. The van der Waals surface area contributed by atoms with Crippen molar-refractivity contribution in [2.45, 2.75) is 32.3 Å². The summed E-state index contributed by atoms with van der Waals surface area (Å²) in [6.45, 7) is 3.41. The number of rotatable bonds is 7. The molecule has 1 heterocycles. The van der Waals surface area contributed by atoms with E-state index in [2.05, 4.69) is 16.0 Å². The van der Waals surface area contributed by atoms with Gasteiger partial charge in [0.15, 0.2) is 0 Å². The fraction of sp³-hybridized carbons (Fsp3) is 0.500. The van der Waals surface area contributed by atoms with E-state index in [9.17, 15) is 9.59 Å². The van der Waals surface area contributed by atoms with E-state index < -0.39 is 0 Å². The van der Waals surface area contributed by atoms with Crippen LogP contribution in [-0.4, -0.2) is 37.6 Å². The van der Waals surface area contributed by atoms with Gasteiger partial charge in [0, 0.05) is 44.4 Å². The van der Waals surface area contributed by atoms with E-state index in [1.165, 1.54) is 6.92 Å². The van der Waals surface area contributed by atoms with Gasteiger partial charge in [0.1, 0.15) is 0 Å². The molecule has 6 nitrogen and oxygen atoms in total. The highest BCUT2D eigenvalue weighted by Gasteiger charge is 2.15. The molecule has 1 aliphatic rings. The summed E-state index contributed by atoms with van der Waals surface area (Å²) in [7, 11) is 0. The van der Waals surface area contributed by atoms with Crippen molar-refractivity contribution in [3.63, 3.8) is 0 Å². The summed E-state index contributed by atoms with van der Waals surface area (Å²) in [5.41, 5.74) is 1.61. The predicted octanol–water partition coefficient (Wildman–Crippen LogP) is 1.74. The van der Waals surface area contributed by atoms with E-state index in [0.29, 0.717) is 19.5 Å². The van der Waals surface area contributed by atoms with Crippen molar-refractivity contribution in [3.05, 3.63) is 24.3 Å². The maximum Gasteiger partial charge on any atom is 0.221 e. The Balaban J connectivity index is 1.66. The largest absolute Gasteiger partial charge is 0.384 e. The molecule has 1 aromatic carbocycles. The lowest BCUT2D eigenvalue weighted by atomic mass is 10.2. The summed E-state index contributed by atoms with van der Waals surface area (Å²) in [5, 5.41) is 8.78. The number of benzene rings is 1. The van der Waals surface area contributed by atoms with Crippen LogP contribution in [0, 0.1) is 0 Å². The Morgan fingerprint density at radius 3 is 2.86 bits per heavy atom. The lowest BCUT2D eigenvalue weighted by Crippen LogP contribution is -2.32. The van der Waals surface area contributed by atoms with Gasteiger partial charge < -0.3 is 20.7 Å². The van der Waals surface area contributed by atoms with E-state index >= 15 is 0 Å². The van der Waals surface area contributed by atoms with Gasteiger partial charge in [-0.1, -0.05) is 6.07 Å². The molecule has 1 atom stereocenters. The highest BCUT2D eigenvalue weighted by atomic mass is 16.5. The van der Waals surface area contributed by atoms with E-state index in [1.807, 2.05) is 24.3 Å². The molecular weight excluding hydrogens is 282 g/mol. The van der Waals surface area contributed by atoms with Crippen LogP contribution in [0.4, 0.5) is 11.4 Å². The fourth-order valence-electron chi connectivity index (χ4n) is 2.35. The summed E-state index contributed by atoms with van der Waals surface area (Å²) in [5.74, 6) is -0.0910. The lowest BCUT2D eigenvalue weighted by molar-refractivity contribution is -0.121. The third-order valence-corrected chi connectivity index (χ3v) is 3.42. The number of amides is 2. The van der Waals surface area contributed by atoms with Gasteiger partial charge in [-0.2, -0.15) is 0 Å². The molecule has 0 aromatic heterocycles. The standard InChI is InChI=1S/C16H23N3O3/c1-12(20)19-14-5-2-4-13(10-14)17-8-7-16(21)18-11-15-6-3-9-22-15/h2,4-5,10,15,17H,3,6-9,11H2,1H3,(H,18,21)(H,19,20). The van der Waals surface area contributed by atoms with Crippen LogP contribution >= 0.6 is 0 Å². The summed E-state index contributed by atoms with van der Waals surface area (Å²) < 4.78 is 5.46. The zero-order chi connectivity index (χ0) is 15.8. The van der Waals surface area contributed by atoms with Crippen LogP contribution in [0.2, 0.25) is 0 Å². The van der Waals surface area contributed by atoms with Gasteiger partial charge in [-0.3, -0.25) is 9.59 Å². The van der Waals surface area contributed by atoms with Crippen molar-refractivity contribution in [2.75, 3.05) is 30.3 Å². The Bertz CT molecular complexity index is 513. The molecule has 120 valence electrons. The average Bonchev–Trinajstić information content (AvgIpc) is 2.98. The second-order valence-corrected chi connectivity index (χ2v) is 5.38. The molecule has 1 aromatic rings. The van der Waals surface area contributed by atoms with Gasteiger partial charge in [-0.05, 0) is 31.0 Å². The summed E-state index contributed by atoms with van der Waals surface area (Å²) in [6.07, 6.45) is 2.67. The van der Waals surface area contributed by atoms with Crippen molar-refractivity contribution < 1.29 is 14.3 Å². The molecule has 6 heteroatoms. The van der Waals surface area contributed by atoms with Crippen molar-refractivity contribution in [1.82, 2.24) is 5.32 Å². The Kier molecular flexibility index (Phi) is 6.21. The van der Waals surface area contributed by atoms with Crippen molar-refractivity contribution in [1.29, 1.82) is 0 Å². The number of nitrogens with one attached hydrogen (secondary N) is 3. The van der Waals surface area contributed by atoms with Gasteiger partial charge in [-0.15, -0.1) is 0 Å². The van der Waals surface area contributed by atoms with Crippen molar-refractivity contribution in [3.8, 4) is 0 Å². The summed E-state index contributed by atoms with van der Waals surface area (Å²) >= 11 is 0. The van der Waals surface area contributed by atoms with Crippen LogP contribution in [-0.2, 0) is 14.3 Å². The summed E-state index contributed by atoms with van der Waals surface area (Å²) in [4.78, 5) is 22.8. The van der Waals surface area contributed by atoms with Gasteiger partial charge in [0.05, 0.1) is 6.10 Å². The first-order valence-electron chi connectivity index (χ1n) is 7.63. The number of anilines is 2. The van der Waals surface area contributed by atoms with E-state index in [1.54, 1.807) is 0 Å². The van der Waals surface area contributed by atoms with E-state index in [4.69, 9.17) is 4.74 Å². The molecule has 0 spiro atoms. The topological polar surface area (TPSA) is 79.5 Å². The molecule has 2 amide bonds. The number of ether oxygens (including phenoxy) is 1. The Labute approximate surface area is 130 Å². The SMILES string of the molecule is CC(=O)Nc1cccc(NCCC(=O)NCC2CCCO2)c1. The highest BCUT2D eigenvalue weighted by molar-refractivity contribution is 5.89. The van der Waals surface area contributed by atoms with Crippen LogP contribution in [0.5, 0.6) is 0 Å². The number of carbonyl (C=O) groups excluding carboxylic acids is 2. The number of hydrogen-bond donors (Lipinski definition) is 3. The predicted molar refractivity (Wildman–Crippen MR) is 85.8 cm³/mol. The molecule has 0 aliphatic carbocycles. The fourth-order valence-corrected chi connectivity index (χ4v) is 2.35. The molecule has 3 N–H and O–H groups in total. The van der Waals surface area contributed by atoms with Crippen LogP contribution in [0.25, 0.3) is 0 Å². The molecular formula is C16H23N3O3. The number of carbonyl (C=O) groups is 2. The maximum atomic E-state index is 11.7. The molecule has 1 unspecified atom stereocenters. The van der Waals surface area contributed by atoms with Crippen LogP contribution in [0.1, 0.15) is 26.2 Å². The van der Waals surface area contributed by atoms with Gasteiger partial charge in [-0.25, -0.2) is 0 Å². The monoisotopic (exact) mass is 305 g/mol. The Morgan fingerprint density at radius 2 is 2.14 bits per heavy atom. The minimum Gasteiger partial charge on any atom is -0.384 e. The third kappa shape index (κ3) is 5.73. The molecule has 0 saturated carbocycles. The zero-order valence-corrected chi connectivity index (χ0v) is 12.9. The first-order chi connectivity index (χ1) is 10.6. The molecule has 0 radical (unpaired) electrons. The van der Waals surface area contributed by atoms with Crippen LogP contribution in [0.3, 0.4) is 0 Å². The molecule has 22 heavy (non-hydrogen) atoms. The average molecular weight is 305 g/mol. The molecule has 2 rings (SSSR count). The van der Waals surface area contributed by atoms with Gasteiger partial charge in [0.2, 0.25) is 11.8 Å². The van der Waals surface area contributed by atoms with Crippen molar-refractivity contribution >= 4 is 23.2 Å². The normalized spacial score (nSPS) is 17.0. The van der Waals surface area contributed by atoms with E-state index in [-0.39, 0.29) is 17.9 Å². The first-order valence-corrected chi connectivity index (χ1v) is 7.63. The Morgan fingerprint density at radius 1 is 1.32 bits per heavy atom. The third-order valence-electron chi connectivity index (χ3n) is 3.42. The van der Waals surface area contributed by atoms with Crippen molar-refractivity contribution in [2.24, 2.45) is 0 Å². The molecule has 1 fully saturated rings. The smallest absolute Gasteiger partial charge is 0.221 e. The second kappa shape index (κ2) is 8.38. The van der Waals surface area contributed by atoms with Crippen LogP contribution < -0.4 is 16.0 Å². The summed E-state index contributed by atoms with van der Waals surface area (Å²) in [6, 6.07) is 7.41. The first kappa shape index (κ1) is 16.3. The minimum atomic E-state index is -0.106. The Hall–Kier alpha value is -2.08. The molecule has 1 aliphatic heterocycles. The maximum absolute atomic E-state index is 11.7. The highest BCUT2D eigenvalue weighted by Crippen LogP contribution is 2.15. The van der Waals surface area contributed by atoms with Gasteiger partial charge in [0.25, 0.3) is 0 Å².